The summed E-state index contributed by atoms with van der Waals surface area (Å²) in [6.45, 7) is 4.38. The first-order valence-electron chi connectivity index (χ1n) is 8.66. The number of carbonyl (C=O) groups is 1. The topological polar surface area (TPSA) is 71.7 Å². The van der Waals surface area contributed by atoms with Crippen LogP contribution in [0.5, 0.6) is 0 Å². The predicted molar refractivity (Wildman–Crippen MR) is 92.8 cm³/mol. The summed E-state index contributed by atoms with van der Waals surface area (Å²) in [5.41, 5.74) is 1.56. The molecule has 0 saturated carbocycles. The van der Waals surface area contributed by atoms with E-state index in [0.29, 0.717) is 19.2 Å². The van der Waals surface area contributed by atoms with Crippen LogP contribution in [-0.2, 0) is 11.3 Å². The van der Waals surface area contributed by atoms with E-state index in [-0.39, 0.29) is 6.09 Å². The highest BCUT2D eigenvalue weighted by molar-refractivity contribution is 5.67. The SMILES string of the molecule is CCOC(=O)N1CCC(N(C)Cc2cc(-c3ccccn3)no2)CC1. The van der Waals surface area contributed by atoms with Gasteiger partial charge in [-0.1, -0.05) is 11.2 Å². The minimum atomic E-state index is -0.209. The van der Waals surface area contributed by atoms with Crippen LogP contribution in [0.25, 0.3) is 11.4 Å². The number of pyridine rings is 1. The van der Waals surface area contributed by atoms with Crippen molar-refractivity contribution in [1.29, 1.82) is 0 Å². The molecule has 0 bridgehead atoms. The van der Waals surface area contributed by atoms with Crippen molar-refractivity contribution in [3.05, 3.63) is 36.2 Å². The Morgan fingerprint density at radius 1 is 1.36 bits per heavy atom. The Balaban J connectivity index is 1.53. The third kappa shape index (κ3) is 4.36. The van der Waals surface area contributed by atoms with Gasteiger partial charge in [-0.25, -0.2) is 4.79 Å². The number of ether oxygens (including phenoxy) is 1. The van der Waals surface area contributed by atoms with Gasteiger partial charge in [-0.05, 0) is 38.9 Å². The van der Waals surface area contributed by atoms with Crippen LogP contribution in [0.4, 0.5) is 4.79 Å². The molecule has 25 heavy (non-hydrogen) atoms. The number of piperidine rings is 1. The number of amides is 1. The fraction of sp³-hybridized carbons (Fsp3) is 0.500. The molecule has 2 aromatic heterocycles. The van der Waals surface area contributed by atoms with E-state index in [1.165, 1.54) is 0 Å². The van der Waals surface area contributed by atoms with Crippen LogP contribution in [-0.4, -0.2) is 58.8 Å². The van der Waals surface area contributed by atoms with Crippen LogP contribution in [0, 0.1) is 0 Å². The number of carbonyl (C=O) groups excluding carboxylic acids is 1. The number of hydrogen-bond donors (Lipinski definition) is 0. The third-order valence-electron chi connectivity index (χ3n) is 4.51. The van der Waals surface area contributed by atoms with E-state index in [0.717, 1.165) is 43.1 Å². The minimum Gasteiger partial charge on any atom is -0.450 e. The lowest BCUT2D eigenvalue weighted by Gasteiger charge is -2.35. The molecular weight excluding hydrogens is 320 g/mol. The molecule has 2 aromatic rings. The van der Waals surface area contributed by atoms with Gasteiger partial charge in [-0.3, -0.25) is 9.88 Å². The number of likely N-dealkylation sites (tertiary alicyclic amines) is 1. The fourth-order valence-corrected chi connectivity index (χ4v) is 3.10. The van der Waals surface area contributed by atoms with Crippen molar-refractivity contribution in [2.45, 2.75) is 32.4 Å². The zero-order valence-electron chi connectivity index (χ0n) is 14.7. The number of hydrogen-bond acceptors (Lipinski definition) is 6. The lowest BCUT2D eigenvalue weighted by Crippen LogP contribution is -2.45. The Kier molecular flexibility index (Phi) is 5.65. The van der Waals surface area contributed by atoms with E-state index < -0.39 is 0 Å². The second-order valence-electron chi connectivity index (χ2n) is 6.23. The maximum atomic E-state index is 11.8. The Labute approximate surface area is 147 Å². The number of aromatic nitrogens is 2. The highest BCUT2D eigenvalue weighted by Gasteiger charge is 2.26. The fourth-order valence-electron chi connectivity index (χ4n) is 3.10. The number of nitrogens with zero attached hydrogens (tertiary/aromatic N) is 4. The summed E-state index contributed by atoms with van der Waals surface area (Å²) >= 11 is 0. The van der Waals surface area contributed by atoms with Crippen LogP contribution in [0.2, 0.25) is 0 Å². The van der Waals surface area contributed by atoms with E-state index in [1.807, 2.05) is 31.2 Å². The van der Waals surface area contributed by atoms with Crippen LogP contribution < -0.4 is 0 Å². The summed E-state index contributed by atoms with van der Waals surface area (Å²) in [6, 6.07) is 8.07. The van der Waals surface area contributed by atoms with Gasteiger partial charge in [0, 0.05) is 31.4 Å². The Morgan fingerprint density at radius 3 is 2.84 bits per heavy atom. The summed E-state index contributed by atoms with van der Waals surface area (Å²) in [5, 5.41) is 4.11. The average Bonchev–Trinajstić information content (AvgIpc) is 3.11. The average molecular weight is 344 g/mol. The Hall–Kier alpha value is -2.41. The monoisotopic (exact) mass is 344 g/mol. The molecule has 1 amide bonds. The summed E-state index contributed by atoms with van der Waals surface area (Å²) in [5.74, 6) is 0.816. The lowest BCUT2D eigenvalue weighted by atomic mass is 10.0. The standard InChI is InChI=1S/C18H24N4O3/c1-3-24-18(23)22-10-7-14(8-11-22)21(2)13-15-12-17(20-25-15)16-6-4-5-9-19-16/h4-6,9,12,14H,3,7-8,10-11,13H2,1-2H3. The largest absolute Gasteiger partial charge is 0.450 e. The first-order chi connectivity index (χ1) is 12.2. The molecule has 0 aliphatic carbocycles. The molecule has 0 unspecified atom stereocenters. The van der Waals surface area contributed by atoms with Crippen molar-refractivity contribution >= 4 is 6.09 Å². The molecule has 0 radical (unpaired) electrons. The van der Waals surface area contributed by atoms with Gasteiger partial charge in [-0.2, -0.15) is 0 Å². The van der Waals surface area contributed by atoms with Crippen molar-refractivity contribution in [3.63, 3.8) is 0 Å². The molecule has 0 N–H and O–H groups in total. The van der Waals surface area contributed by atoms with Crippen molar-refractivity contribution in [1.82, 2.24) is 19.9 Å². The molecule has 1 fully saturated rings. The first-order valence-corrected chi connectivity index (χ1v) is 8.66. The van der Waals surface area contributed by atoms with E-state index in [2.05, 4.69) is 22.1 Å². The maximum Gasteiger partial charge on any atom is 0.409 e. The molecule has 1 aliphatic rings. The van der Waals surface area contributed by atoms with E-state index >= 15 is 0 Å². The van der Waals surface area contributed by atoms with Crippen molar-refractivity contribution in [2.24, 2.45) is 0 Å². The summed E-state index contributed by atoms with van der Waals surface area (Å²) in [4.78, 5) is 20.1. The highest BCUT2D eigenvalue weighted by Crippen LogP contribution is 2.21. The zero-order valence-corrected chi connectivity index (χ0v) is 14.7. The molecule has 1 aliphatic heterocycles. The molecule has 134 valence electrons. The van der Waals surface area contributed by atoms with Crippen LogP contribution >= 0.6 is 0 Å². The maximum absolute atomic E-state index is 11.8. The van der Waals surface area contributed by atoms with E-state index in [1.54, 1.807) is 11.1 Å². The molecule has 3 heterocycles. The lowest BCUT2D eigenvalue weighted by molar-refractivity contribution is 0.0774. The quantitative estimate of drug-likeness (QED) is 0.830. The second-order valence-corrected chi connectivity index (χ2v) is 6.23. The van der Waals surface area contributed by atoms with Gasteiger partial charge in [0.05, 0.1) is 18.8 Å². The van der Waals surface area contributed by atoms with E-state index in [9.17, 15) is 4.79 Å². The van der Waals surface area contributed by atoms with Gasteiger partial charge in [0.15, 0.2) is 5.76 Å². The third-order valence-corrected chi connectivity index (χ3v) is 4.51. The summed E-state index contributed by atoms with van der Waals surface area (Å²) in [7, 11) is 2.08. The summed E-state index contributed by atoms with van der Waals surface area (Å²) in [6.07, 6.45) is 3.39. The summed E-state index contributed by atoms with van der Waals surface area (Å²) < 4.78 is 10.5. The molecule has 3 rings (SSSR count). The van der Waals surface area contributed by atoms with Gasteiger partial charge in [0.25, 0.3) is 0 Å². The molecule has 0 aromatic carbocycles. The van der Waals surface area contributed by atoms with Crippen LogP contribution in [0.15, 0.2) is 35.0 Å². The van der Waals surface area contributed by atoms with Crippen molar-refractivity contribution < 1.29 is 14.1 Å². The minimum absolute atomic E-state index is 0.209. The van der Waals surface area contributed by atoms with Gasteiger partial charge in [0.1, 0.15) is 5.69 Å². The normalized spacial score (nSPS) is 15.6. The number of rotatable bonds is 5. The molecule has 1 saturated heterocycles. The van der Waals surface area contributed by atoms with Gasteiger partial charge < -0.3 is 14.2 Å². The molecule has 0 atom stereocenters. The van der Waals surface area contributed by atoms with Gasteiger partial charge in [-0.15, -0.1) is 0 Å². The molecule has 7 nitrogen and oxygen atoms in total. The molecule has 0 spiro atoms. The van der Waals surface area contributed by atoms with Crippen LogP contribution in [0.1, 0.15) is 25.5 Å². The van der Waals surface area contributed by atoms with Gasteiger partial charge >= 0.3 is 6.09 Å². The molecule has 7 heteroatoms. The van der Waals surface area contributed by atoms with Crippen LogP contribution in [0.3, 0.4) is 0 Å². The smallest absolute Gasteiger partial charge is 0.409 e. The van der Waals surface area contributed by atoms with Crippen molar-refractivity contribution in [3.8, 4) is 11.4 Å². The Bertz CT molecular complexity index is 681. The zero-order chi connectivity index (χ0) is 17.6. The van der Waals surface area contributed by atoms with Crippen molar-refractivity contribution in [2.75, 3.05) is 26.7 Å². The Morgan fingerprint density at radius 2 is 2.16 bits per heavy atom. The van der Waals surface area contributed by atoms with E-state index in [4.69, 9.17) is 9.26 Å². The first kappa shape index (κ1) is 17.4. The molecular formula is C18H24N4O3. The predicted octanol–water partition coefficient (Wildman–Crippen LogP) is 2.79. The highest BCUT2D eigenvalue weighted by atomic mass is 16.6. The second kappa shape index (κ2) is 8.11. The van der Waals surface area contributed by atoms with Gasteiger partial charge in [0.2, 0.25) is 0 Å².